The van der Waals surface area contributed by atoms with Gasteiger partial charge in [0.05, 0.1) is 6.61 Å². The van der Waals surface area contributed by atoms with E-state index in [-0.39, 0.29) is 0 Å². The monoisotopic (exact) mass is 212 g/mol. The van der Waals surface area contributed by atoms with Gasteiger partial charge in [0, 0.05) is 6.42 Å². The first kappa shape index (κ1) is 12.1. The summed E-state index contributed by atoms with van der Waals surface area (Å²) in [6.07, 6.45) is 3.34. The van der Waals surface area contributed by atoms with E-state index in [2.05, 4.69) is 19.9 Å². The molecular formula is C12H20O3. The van der Waals surface area contributed by atoms with Crippen molar-refractivity contribution in [3.8, 4) is 0 Å². The quantitative estimate of drug-likeness (QED) is 0.520. The van der Waals surface area contributed by atoms with Gasteiger partial charge in [0.25, 0.3) is 0 Å². The fourth-order valence-corrected chi connectivity index (χ4v) is 1.84. The first-order valence-electron chi connectivity index (χ1n) is 5.49. The number of rotatable bonds is 2. The molecule has 0 saturated heterocycles. The maximum Gasteiger partial charge on any atom is 0.508 e. The summed E-state index contributed by atoms with van der Waals surface area (Å²) in [6, 6.07) is 0. The van der Waals surface area contributed by atoms with Crippen molar-refractivity contribution in [2.75, 3.05) is 6.61 Å². The molecule has 0 aliphatic heterocycles. The van der Waals surface area contributed by atoms with Crippen LogP contribution in [0.15, 0.2) is 11.6 Å². The number of hydrogen-bond acceptors (Lipinski definition) is 3. The molecule has 86 valence electrons. The summed E-state index contributed by atoms with van der Waals surface area (Å²) >= 11 is 0. The zero-order chi connectivity index (χ0) is 11.5. The second-order valence-corrected chi connectivity index (χ2v) is 4.46. The van der Waals surface area contributed by atoms with Crippen LogP contribution in [0.2, 0.25) is 0 Å². The summed E-state index contributed by atoms with van der Waals surface area (Å²) in [7, 11) is 0. The third kappa shape index (κ3) is 2.98. The molecule has 0 fully saturated rings. The Labute approximate surface area is 91.4 Å². The van der Waals surface area contributed by atoms with Gasteiger partial charge in [0.1, 0.15) is 5.60 Å². The molecule has 0 radical (unpaired) electrons. The zero-order valence-corrected chi connectivity index (χ0v) is 10.0. The molecule has 0 saturated carbocycles. The lowest BCUT2D eigenvalue weighted by atomic mass is 9.78. The Morgan fingerprint density at radius 3 is 2.87 bits per heavy atom. The summed E-state index contributed by atoms with van der Waals surface area (Å²) in [6.45, 7) is 8.32. The molecule has 1 aliphatic rings. The Bertz CT molecular complexity index is 270. The minimum Gasteiger partial charge on any atom is -0.435 e. The van der Waals surface area contributed by atoms with E-state index in [0.717, 1.165) is 12.8 Å². The van der Waals surface area contributed by atoms with Gasteiger partial charge in [-0.05, 0) is 33.1 Å². The summed E-state index contributed by atoms with van der Waals surface area (Å²) in [4.78, 5) is 11.3. The Kier molecular flexibility index (Phi) is 3.77. The normalized spacial score (nSPS) is 30.7. The van der Waals surface area contributed by atoms with Crippen molar-refractivity contribution in [2.45, 2.75) is 46.1 Å². The predicted octanol–water partition coefficient (Wildman–Crippen LogP) is 3.29. The number of hydrogen-bond donors (Lipinski definition) is 0. The molecule has 0 heterocycles. The van der Waals surface area contributed by atoms with Crippen LogP contribution in [0.25, 0.3) is 0 Å². The second kappa shape index (κ2) is 4.69. The van der Waals surface area contributed by atoms with Gasteiger partial charge in [-0.1, -0.05) is 18.6 Å². The molecule has 0 spiro atoms. The number of allylic oxidation sites excluding steroid dienone is 1. The van der Waals surface area contributed by atoms with Crippen molar-refractivity contribution in [1.29, 1.82) is 0 Å². The van der Waals surface area contributed by atoms with Crippen molar-refractivity contribution < 1.29 is 14.3 Å². The molecule has 3 nitrogen and oxygen atoms in total. The van der Waals surface area contributed by atoms with Gasteiger partial charge < -0.3 is 9.47 Å². The minimum atomic E-state index is -0.556. The highest BCUT2D eigenvalue weighted by molar-refractivity contribution is 5.60. The van der Waals surface area contributed by atoms with Gasteiger partial charge >= 0.3 is 6.16 Å². The van der Waals surface area contributed by atoms with Crippen LogP contribution in [0.1, 0.15) is 40.5 Å². The minimum absolute atomic E-state index is 0.340. The standard InChI is InChI=1S/C12H20O3/c1-5-14-11(13)15-12(4)7-6-9(2)8-10(12)3/h6,10H,5,7-8H2,1-4H3. The van der Waals surface area contributed by atoms with Crippen LogP contribution in [-0.4, -0.2) is 18.4 Å². The number of carbonyl (C=O) groups is 1. The van der Waals surface area contributed by atoms with Gasteiger partial charge in [-0.15, -0.1) is 0 Å². The number of ether oxygens (including phenoxy) is 2. The highest BCUT2D eigenvalue weighted by atomic mass is 16.7. The number of carbonyl (C=O) groups excluding carboxylic acids is 1. The van der Waals surface area contributed by atoms with E-state index in [0.29, 0.717) is 12.5 Å². The van der Waals surface area contributed by atoms with Crippen LogP contribution in [0, 0.1) is 5.92 Å². The highest BCUT2D eigenvalue weighted by Gasteiger charge is 2.37. The maximum absolute atomic E-state index is 11.3. The SMILES string of the molecule is CCOC(=O)OC1(C)CC=C(C)CC1C. The Morgan fingerprint density at radius 2 is 2.33 bits per heavy atom. The first-order chi connectivity index (χ1) is 6.98. The van der Waals surface area contributed by atoms with Crippen LogP contribution >= 0.6 is 0 Å². The molecule has 15 heavy (non-hydrogen) atoms. The summed E-state index contributed by atoms with van der Waals surface area (Å²) in [5.41, 5.74) is 0.957. The van der Waals surface area contributed by atoms with Gasteiger partial charge in [0.2, 0.25) is 0 Å². The molecule has 0 bridgehead atoms. The lowest BCUT2D eigenvalue weighted by molar-refractivity contribution is -0.0541. The van der Waals surface area contributed by atoms with Crippen molar-refractivity contribution in [2.24, 2.45) is 5.92 Å². The summed E-state index contributed by atoms with van der Waals surface area (Å²) < 4.78 is 10.2. The largest absolute Gasteiger partial charge is 0.508 e. The van der Waals surface area contributed by atoms with Gasteiger partial charge in [-0.3, -0.25) is 0 Å². The van der Waals surface area contributed by atoms with Gasteiger partial charge in [0.15, 0.2) is 0 Å². The fourth-order valence-electron chi connectivity index (χ4n) is 1.84. The lowest BCUT2D eigenvalue weighted by Crippen LogP contribution is -2.40. The molecule has 0 N–H and O–H groups in total. The topological polar surface area (TPSA) is 35.5 Å². The second-order valence-electron chi connectivity index (χ2n) is 4.46. The molecule has 2 unspecified atom stereocenters. The van der Waals surface area contributed by atoms with E-state index in [1.807, 2.05) is 6.92 Å². The maximum atomic E-state index is 11.3. The average Bonchev–Trinajstić information content (AvgIpc) is 2.13. The van der Waals surface area contributed by atoms with Crippen LogP contribution in [0.5, 0.6) is 0 Å². The molecule has 1 rings (SSSR count). The summed E-state index contributed by atoms with van der Waals surface area (Å²) in [5, 5.41) is 0. The highest BCUT2D eigenvalue weighted by Crippen LogP contribution is 2.35. The van der Waals surface area contributed by atoms with Crippen LogP contribution in [0.3, 0.4) is 0 Å². The smallest absolute Gasteiger partial charge is 0.435 e. The van der Waals surface area contributed by atoms with E-state index >= 15 is 0 Å². The van der Waals surface area contributed by atoms with Crippen LogP contribution < -0.4 is 0 Å². The Hall–Kier alpha value is -0.990. The summed E-state index contributed by atoms with van der Waals surface area (Å²) in [5.74, 6) is 0.340. The van der Waals surface area contributed by atoms with E-state index in [1.165, 1.54) is 5.57 Å². The third-order valence-corrected chi connectivity index (χ3v) is 3.11. The van der Waals surface area contributed by atoms with E-state index in [4.69, 9.17) is 9.47 Å². The van der Waals surface area contributed by atoms with Crippen molar-refractivity contribution >= 4 is 6.16 Å². The average molecular weight is 212 g/mol. The first-order valence-corrected chi connectivity index (χ1v) is 5.49. The lowest BCUT2D eigenvalue weighted by Gasteiger charge is -2.37. The van der Waals surface area contributed by atoms with Gasteiger partial charge in [-0.2, -0.15) is 0 Å². The fraction of sp³-hybridized carbons (Fsp3) is 0.750. The Balaban J connectivity index is 2.62. The van der Waals surface area contributed by atoms with Crippen molar-refractivity contribution in [3.05, 3.63) is 11.6 Å². The third-order valence-electron chi connectivity index (χ3n) is 3.11. The Morgan fingerprint density at radius 1 is 1.67 bits per heavy atom. The van der Waals surface area contributed by atoms with Crippen LogP contribution in [0.4, 0.5) is 4.79 Å². The van der Waals surface area contributed by atoms with E-state index in [1.54, 1.807) is 6.92 Å². The molecule has 1 aliphatic carbocycles. The van der Waals surface area contributed by atoms with Crippen molar-refractivity contribution in [1.82, 2.24) is 0 Å². The molecule has 0 aromatic carbocycles. The molecule has 0 amide bonds. The van der Waals surface area contributed by atoms with E-state index in [9.17, 15) is 4.79 Å². The molecule has 3 heteroatoms. The molecular weight excluding hydrogens is 192 g/mol. The van der Waals surface area contributed by atoms with Crippen molar-refractivity contribution in [3.63, 3.8) is 0 Å². The molecule has 0 aromatic rings. The molecule has 0 aromatic heterocycles. The zero-order valence-electron chi connectivity index (χ0n) is 10.0. The van der Waals surface area contributed by atoms with Crippen LogP contribution in [-0.2, 0) is 9.47 Å². The van der Waals surface area contributed by atoms with E-state index < -0.39 is 11.8 Å². The predicted molar refractivity (Wildman–Crippen MR) is 58.7 cm³/mol. The molecule has 2 atom stereocenters. The van der Waals surface area contributed by atoms with Gasteiger partial charge in [-0.25, -0.2) is 4.79 Å².